The molecule has 0 bridgehead atoms. The lowest BCUT2D eigenvalue weighted by Crippen LogP contribution is -1.92. The van der Waals surface area contributed by atoms with Crippen LogP contribution in [-0.2, 0) is 5.88 Å². The van der Waals surface area contributed by atoms with E-state index in [1.165, 1.54) is 12.3 Å². The lowest BCUT2D eigenvalue weighted by Gasteiger charge is -2.05. The summed E-state index contributed by atoms with van der Waals surface area (Å²) in [7, 11) is -2.55. The van der Waals surface area contributed by atoms with Crippen LogP contribution in [0.4, 0.5) is 0 Å². The first-order valence-corrected chi connectivity index (χ1v) is 3.73. The van der Waals surface area contributed by atoms with E-state index in [0.29, 0.717) is 5.69 Å². The number of halogens is 3. The molecule has 0 aliphatic rings. The second-order valence-electron chi connectivity index (χ2n) is 1.80. The zero-order valence-corrected chi connectivity index (χ0v) is 8.21. The van der Waals surface area contributed by atoms with Gasteiger partial charge in [-0.1, -0.05) is 11.6 Å². The number of nitrogens with zero attached hydrogens (tertiary/aromatic N) is 1. The third-order valence-electron chi connectivity index (χ3n) is 1.16. The smallest absolute Gasteiger partial charge is 0.160 e. The van der Waals surface area contributed by atoms with Crippen LogP contribution in [-0.4, -0.2) is 12.0 Å². The number of pyridine rings is 1. The van der Waals surface area contributed by atoms with Crippen molar-refractivity contribution in [1.29, 1.82) is 0 Å². The third-order valence-corrected chi connectivity index (χ3v) is 1.71. The summed E-state index contributed by atoms with van der Waals surface area (Å²) in [6.07, 6.45) is 1.44. The zero-order chi connectivity index (χ0) is 10.8. The van der Waals surface area contributed by atoms with Crippen molar-refractivity contribution in [2.75, 3.05) is 7.04 Å². The molecule has 0 saturated heterocycles. The second-order valence-corrected chi connectivity index (χ2v) is 2.48. The number of hydrogen-bond acceptors (Lipinski definition) is 2. The molecule has 0 fully saturated rings. The van der Waals surface area contributed by atoms with Crippen molar-refractivity contribution < 1.29 is 8.85 Å². The molecule has 0 aliphatic heterocycles. The van der Waals surface area contributed by atoms with Gasteiger partial charge in [-0.05, 0) is 6.07 Å². The minimum absolute atomic E-state index is 0. The quantitative estimate of drug-likeness (QED) is 0.730. The maximum atomic E-state index is 6.92. The predicted molar refractivity (Wildman–Crippen MR) is 52.6 cm³/mol. The van der Waals surface area contributed by atoms with E-state index in [2.05, 4.69) is 9.72 Å². The lowest BCUT2D eigenvalue weighted by atomic mass is 10.3. The van der Waals surface area contributed by atoms with Gasteiger partial charge >= 0.3 is 0 Å². The van der Waals surface area contributed by atoms with E-state index in [9.17, 15) is 0 Å². The first-order valence-electron chi connectivity index (χ1n) is 4.32. The van der Waals surface area contributed by atoms with Gasteiger partial charge in [0, 0.05) is 6.20 Å². The van der Waals surface area contributed by atoms with E-state index in [0.717, 1.165) is 0 Å². The van der Waals surface area contributed by atoms with Gasteiger partial charge in [-0.2, -0.15) is 0 Å². The van der Waals surface area contributed by atoms with Crippen LogP contribution in [0.2, 0.25) is 5.02 Å². The average molecular weight is 232 g/mol. The van der Waals surface area contributed by atoms with Crippen molar-refractivity contribution in [2.24, 2.45) is 0 Å². The molecule has 12 heavy (non-hydrogen) atoms. The van der Waals surface area contributed by atoms with Crippen LogP contribution in [0.5, 0.6) is 5.75 Å². The number of alkyl halides is 1. The molecule has 0 aliphatic carbocycles. The lowest BCUT2D eigenvalue weighted by molar-refractivity contribution is 0.409. The second kappa shape index (κ2) is 5.46. The van der Waals surface area contributed by atoms with Crippen molar-refractivity contribution in [3.8, 4) is 5.75 Å². The fourth-order valence-corrected chi connectivity index (χ4v) is 1.06. The van der Waals surface area contributed by atoms with E-state index < -0.39 is 7.04 Å². The molecule has 2 nitrogen and oxygen atoms in total. The first kappa shape index (κ1) is 7.25. The first-order chi connectivity index (χ1) is 6.44. The van der Waals surface area contributed by atoms with Crippen molar-refractivity contribution in [1.82, 2.24) is 4.98 Å². The predicted octanol–water partition coefficient (Wildman–Crippen LogP) is 2.90. The standard InChI is InChI=1S/C7H7Cl2NO.ClH/c1-11-7-5(9)2-3-10-6(7)4-8;/h2-3H,4H2,1H3;1H/i1D3;. The Hall–Kier alpha value is -0.180. The summed E-state index contributed by atoms with van der Waals surface area (Å²) in [5, 5.41) is 0.187. The van der Waals surface area contributed by atoms with Crippen LogP contribution < -0.4 is 4.74 Å². The largest absolute Gasteiger partial charge is 0.493 e. The summed E-state index contributed by atoms with van der Waals surface area (Å²) in [6.45, 7) is 0. The van der Waals surface area contributed by atoms with Gasteiger partial charge in [0.1, 0.15) is 0 Å². The van der Waals surface area contributed by atoms with Gasteiger partial charge in [-0.3, -0.25) is 4.98 Å². The van der Waals surface area contributed by atoms with Crippen LogP contribution in [0.15, 0.2) is 12.3 Å². The van der Waals surface area contributed by atoms with Gasteiger partial charge < -0.3 is 4.74 Å². The van der Waals surface area contributed by atoms with Crippen LogP contribution in [0.1, 0.15) is 9.81 Å². The Morgan fingerprint density at radius 1 is 1.75 bits per heavy atom. The minimum Gasteiger partial charge on any atom is -0.493 e. The van der Waals surface area contributed by atoms with Gasteiger partial charge in [0.05, 0.1) is 27.7 Å². The maximum Gasteiger partial charge on any atom is 0.160 e. The minimum atomic E-state index is -2.55. The van der Waals surface area contributed by atoms with E-state index >= 15 is 0 Å². The Morgan fingerprint density at radius 3 is 3.08 bits per heavy atom. The summed E-state index contributed by atoms with van der Waals surface area (Å²) >= 11 is 11.3. The van der Waals surface area contributed by atoms with Gasteiger partial charge in [0.2, 0.25) is 0 Å². The number of aromatic nitrogens is 1. The van der Waals surface area contributed by atoms with Gasteiger partial charge in [-0.25, -0.2) is 0 Å². The molecule has 0 spiro atoms. The van der Waals surface area contributed by atoms with Crippen molar-refractivity contribution in [2.45, 2.75) is 5.88 Å². The van der Waals surface area contributed by atoms with E-state index in [1.807, 2.05) is 0 Å². The Balaban J connectivity index is 0.00000196. The summed E-state index contributed by atoms with van der Waals surface area (Å²) in [6, 6.07) is 1.44. The number of ether oxygens (including phenoxy) is 1. The number of hydrogen-bond donors (Lipinski definition) is 0. The molecule has 1 aromatic heterocycles. The molecule has 1 heterocycles. The zero-order valence-electron chi connectivity index (χ0n) is 8.88. The Morgan fingerprint density at radius 2 is 2.50 bits per heavy atom. The van der Waals surface area contributed by atoms with Gasteiger partial charge in [0.15, 0.2) is 5.75 Å². The Kier molecular flexibility index (Phi) is 3.30. The highest BCUT2D eigenvalue weighted by Gasteiger charge is 2.06. The molecule has 68 valence electrons. The van der Waals surface area contributed by atoms with Crippen molar-refractivity contribution in [3.05, 3.63) is 23.0 Å². The molecular formula is C7H8Cl3NO. The van der Waals surface area contributed by atoms with E-state index in [-0.39, 0.29) is 29.1 Å². The number of rotatable bonds is 2. The van der Waals surface area contributed by atoms with E-state index in [1.54, 1.807) is 0 Å². The molecule has 0 amide bonds. The van der Waals surface area contributed by atoms with E-state index in [4.69, 9.17) is 27.3 Å². The highest BCUT2D eigenvalue weighted by molar-refractivity contribution is 6.32. The molecule has 5 heteroatoms. The molecule has 0 N–H and O–H groups in total. The van der Waals surface area contributed by atoms with Crippen LogP contribution in [0, 0.1) is 0 Å². The summed E-state index contributed by atoms with van der Waals surface area (Å²) in [5.74, 6) is 0.0653. The third kappa shape index (κ3) is 2.41. The highest BCUT2D eigenvalue weighted by atomic mass is 35.5. The molecule has 0 radical (unpaired) electrons. The average Bonchev–Trinajstić information content (AvgIpc) is 2.06. The SMILES string of the molecule is Cl.[2H]C([2H])([2H])Oc1c(Cl)ccnc1CCl. The number of methoxy groups -OCH3 is 1. The molecule has 1 aromatic rings. The monoisotopic (exact) mass is 230 g/mol. The summed E-state index contributed by atoms with van der Waals surface area (Å²) in [5.41, 5.74) is 0.315. The van der Waals surface area contributed by atoms with Crippen molar-refractivity contribution >= 4 is 35.6 Å². The van der Waals surface area contributed by atoms with Crippen LogP contribution >= 0.6 is 35.6 Å². The Labute approximate surface area is 91.5 Å². The summed E-state index contributed by atoms with van der Waals surface area (Å²) in [4.78, 5) is 3.85. The van der Waals surface area contributed by atoms with Crippen molar-refractivity contribution in [3.63, 3.8) is 0 Å². The molecule has 1 rings (SSSR count). The normalized spacial score (nSPS) is 13.7. The highest BCUT2D eigenvalue weighted by Crippen LogP contribution is 2.27. The fraction of sp³-hybridized carbons (Fsp3) is 0.286. The molecular weight excluding hydrogens is 220 g/mol. The molecule has 0 unspecified atom stereocenters. The maximum absolute atomic E-state index is 6.92. The molecule has 0 aromatic carbocycles. The Bertz CT molecular complexity index is 332. The fourth-order valence-electron chi connectivity index (χ4n) is 0.668. The van der Waals surface area contributed by atoms with Crippen LogP contribution in [0.25, 0.3) is 0 Å². The van der Waals surface area contributed by atoms with Gasteiger partial charge in [0.25, 0.3) is 0 Å². The van der Waals surface area contributed by atoms with Crippen LogP contribution in [0.3, 0.4) is 0 Å². The molecule has 0 saturated carbocycles. The topological polar surface area (TPSA) is 22.1 Å². The molecule has 0 atom stereocenters. The van der Waals surface area contributed by atoms with Gasteiger partial charge in [-0.15, -0.1) is 24.0 Å². The summed E-state index contributed by atoms with van der Waals surface area (Å²) < 4.78 is 25.4.